The highest BCUT2D eigenvalue weighted by atomic mass is 16.2. The van der Waals surface area contributed by atoms with Crippen LogP contribution in [0.1, 0.15) is 18.4 Å². The van der Waals surface area contributed by atoms with E-state index in [1.54, 1.807) is 17.2 Å². The fraction of sp³-hybridized carbons (Fsp3) is 0.462. The van der Waals surface area contributed by atoms with Crippen LogP contribution in [0.25, 0.3) is 0 Å². The molecule has 0 radical (unpaired) electrons. The van der Waals surface area contributed by atoms with Gasteiger partial charge in [-0.15, -0.1) is 0 Å². The number of pyridine rings is 1. The average Bonchev–Trinajstić information content (AvgIpc) is 2.33. The SMILES string of the molecule is Cc1ccn(CC(=O)N2CCC(=O)CC2)c(=O)c1. The molecule has 0 aromatic carbocycles. The summed E-state index contributed by atoms with van der Waals surface area (Å²) in [6.07, 6.45) is 2.48. The number of hydrogen-bond acceptors (Lipinski definition) is 3. The van der Waals surface area contributed by atoms with E-state index in [1.807, 2.05) is 6.92 Å². The molecule has 0 spiro atoms. The van der Waals surface area contributed by atoms with Crippen molar-refractivity contribution in [1.82, 2.24) is 9.47 Å². The summed E-state index contributed by atoms with van der Waals surface area (Å²) < 4.78 is 1.39. The molecule has 1 fully saturated rings. The molecule has 1 aliphatic heterocycles. The minimum Gasteiger partial charge on any atom is -0.340 e. The number of ketones is 1. The highest BCUT2D eigenvalue weighted by Crippen LogP contribution is 2.06. The van der Waals surface area contributed by atoms with Gasteiger partial charge >= 0.3 is 0 Å². The summed E-state index contributed by atoms with van der Waals surface area (Å²) in [5.41, 5.74) is 0.712. The summed E-state index contributed by atoms with van der Waals surface area (Å²) >= 11 is 0. The Morgan fingerprint density at radius 3 is 2.56 bits per heavy atom. The van der Waals surface area contributed by atoms with E-state index in [4.69, 9.17) is 0 Å². The summed E-state index contributed by atoms with van der Waals surface area (Å²) in [6.45, 7) is 2.83. The molecule has 0 saturated carbocycles. The van der Waals surface area contributed by atoms with Crippen molar-refractivity contribution in [1.29, 1.82) is 0 Å². The van der Waals surface area contributed by atoms with Crippen LogP contribution in [0.15, 0.2) is 23.1 Å². The molecular formula is C13H16N2O3. The average molecular weight is 248 g/mol. The van der Waals surface area contributed by atoms with E-state index in [1.165, 1.54) is 10.6 Å². The number of piperidine rings is 1. The van der Waals surface area contributed by atoms with Gasteiger partial charge in [0.2, 0.25) is 5.91 Å². The lowest BCUT2D eigenvalue weighted by atomic mass is 10.1. The molecule has 0 N–H and O–H groups in total. The summed E-state index contributed by atoms with van der Waals surface area (Å²) in [6, 6.07) is 3.31. The lowest BCUT2D eigenvalue weighted by Gasteiger charge is -2.26. The van der Waals surface area contributed by atoms with Gasteiger partial charge in [-0.05, 0) is 18.6 Å². The number of carbonyl (C=O) groups is 2. The number of rotatable bonds is 2. The monoisotopic (exact) mass is 248 g/mol. The Bertz CT molecular complexity index is 523. The normalized spacial score (nSPS) is 15.8. The van der Waals surface area contributed by atoms with Gasteiger partial charge in [0.25, 0.3) is 5.56 Å². The third-order valence-electron chi connectivity index (χ3n) is 3.13. The molecule has 1 saturated heterocycles. The van der Waals surface area contributed by atoms with Gasteiger partial charge in [-0.25, -0.2) is 0 Å². The second-order valence-corrected chi connectivity index (χ2v) is 4.59. The second kappa shape index (κ2) is 5.16. The summed E-state index contributed by atoms with van der Waals surface area (Å²) in [5, 5.41) is 0. The van der Waals surface area contributed by atoms with Crippen LogP contribution < -0.4 is 5.56 Å². The zero-order valence-corrected chi connectivity index (χ0v) is 10.4. The molecule has 0 atom stereocenters. The molecule has 18 heavy (non-hydrogen) atoms. The van der Waals surface area contributed by atoms with Crippen molar-refractivity contribution in [3.8, 4) is 0 Å². The van der Waals surface area contributed by atoms with E-state index >= 15 is 0 Å². The maximum atomic E-state index is 12.0. The first kappa shape index (κ1) is 12.5. The minimum atomic E-state index is -0.170. The lowest BCUT2D eigenvalue weighted by molar-refractivity contribution is -0.135. The molecule has 0 bridgehead atoms. The number of hydrogen-bond donors (Lipinski definition) is 0. The van der Waals surface area contributed by atoms with Crippen molar-refractivity contribution >= 4 is 11.7 Å². The molecule has 0 unspecified atom stereocenters. The predicted octanol–water partition coefficient (Wildman–Crippen LogP) is 0.348. The van der Waals surface area contributed by atoms with Crippen molar-refractivity contribution in [3.05, 3.63) is 34.2 Å². The zero-order chi connectivity index (χ0) is 13.1. The number of Topliss-reactive ketones (excluding diaryl/α,β-unsaturated/α-hetero) is 1. The smallest absolute Gasteiger partial charge is 0.251 e. The summed E-state index contributed by atoms with van der Waals surface area (Å²) in [7, 11) is 0. The molecule has 2 rings (SSSR count). The first-order chi connectivity index (χ1) is 8.56. The molecule has 1 aliphatic rings. The number of carbonyl (C=O) groups excluding carboxylic acids is 2. The van der Waals surface area contributed by atoms with Gasteiger partial charge in [-0.2, -0.15) is 0 Å². The van der Waals surface area contributed by atoms with E-state index in [9.17, 15) is 14.4 Å². The molecule has 1 aromatic rings. The van der Waals surface area contributed by atoms with E-state index < -0.39 is 0 Å². The largest absolute Gasteiger partial charge is 0.340 e. The maximum absolute atomic E-state index is 12.0. The Kier molecular flexibility index (Phi) is 3.60. The van der Waals surface area contributed by atoms with Crippen molar-refractivity contribution < 1.29 is 9.59 Å². The van der Waals surface area contributed by atoms with Gasteiger partial charge in [0.15, 0.2) is 0 Å². The Morgan fingerprint density at radius 1 is 1.28 bits per heavy atom. The second-order valence-electron chi connectivity index (χ2n) is 4.59. The third kappa shape index (κ3) is 2.85. The molecule has 5 nitrogen and oxygen atoms in total. The number of aromatic nitrogens is 1. The summed E-state index contributed by atoms with van der Waals surface area (Å²) in [5.74, 6) is 0.0972. The van der Waals surface area contributed by atoms with Crippen LogP contribution in [0, 0.1) is 6.92 Å². The first-order valence-corrected chi connectivity index (χ1v) is 6.03. The highest BCUT2D eigenvalue weighted by Gasteiger charge is 2.20. The molecule has 2 heterocycles. The predicted molar refractivity (Wildman–Crippen MR) is 66.3 cm³/mol. The Morgan fingerprint density at radius 2 is 1.94 bits per heavy atom. The van der Waals surface area contributed by atoms with Crippen molar-refractivity contribution in [2.75, 3.05) is 13.1 Å². The topological polar surface area (TPSA) is 59.4 Å². The van der Waals surface area contributed by atoms with E-state index in [-0.39, 0.29) is 23.8 Å². The summed E-state index contributed by atoms with van der Waals surface area (Å²) in [4.78, 5) is 36.3. The quantitative estimate of drug-likeness (QED) is 0.758. The van der Waals surface area contributed by atoms with E-state index in [0.717, 1.165) is 5.56 Å². The first-order valence-electron chi connectivity index (χ1n) is 6.03. The Hall–Kier alpha value is -1.91. The molecule has 1 aromatic heterocycles. The van der Waals surface area contributed by atoms with Crippen molar-refractivity contribution in [2.45, 2.75) is 26.3 Å². The number of aryl methyl sites for hydroxylation is 1. The van der Waals surface area contributed by atoms with E-state index in [0.29, 0.717) is 25.9 Å². The molecular weight excluding hydrogens is 232 g/mol. The van der Waals surface area contributed by atoms with Crippen LogP contribution in [0.2, 0.25) is 0 Å². The van der Waals surface area contributed by atoms with Crippen molar-refractivity contribution in [3.63, 3.8) is 0 Å². The number of nitrogens with zero attached hydrogens (tertiary/aromatic N) is 2. The maximum Gasteiger partial charge on any atom is 0.251 e. The van der Waals surface area contributed by atoms with Gasteiger partial charge in [0.1, 0.15) is 12.3 Å². The zero-order valence-electron chi connectivity index (χ0n) is 10.4. The molecule has 0 aliphatic carbocycles. The van der Waals surface area contributed by atoms with Gasteiger partial charge in [0, 0.05) is 38.2 Å². The Balaban J connectivity index is 2.03. The van der Waals surface area contributed by atoms with Crippen LogP contribution in [-0.4, -0.2) is 34.2 Å². The molecule has 5 heteroatoms. The number of likely N-dealkylation sites (tertiary alicyclic amines) is 1. The third-order valence-corrected chi connectivity index (χ3v) is 3.13. The van der Waals surface area contributed by atoms with Crippen molar-refractivity contribution in [2.24, 2.45) is 0 Å². The van der Waals surface area contributed by atoms with Crippen LogP contribution in [0.3, 0.4) is 0 Å². The Labute approximate surface area is 105 Å². The van der Waals surface area contributed by atoms with Gasteiger partial charge in [-0.3, -0.25) is 14.4 Å². The fourth-order valence-corrected chi connectivity index (χ4v) is 1.99. The molecule has 96 valence electrons. The van der Waals surface area contributed by atoms with Crippen LogP contribution in [-0.2, 0) is 16.1 Å². The van der Waals surface area contributed by atoms with Crippen LogP contribution >= 0.6 is 0 Å². The highest BCUT2D eigenvalue weighted by molar-refractivity contribution is 5.83. The minimum absolute atomic E-state index is 0.0489. The lowest BCUT2D eigenvalue weighted by Crippen LogP contribution is -2.41. The fourth-order valence-electron chi connectivity index (χ4n) is 1.99. The van der Waals surface area contributed by atoms with E-state index in [2.05, 4.69) is 0 Å². The van der Waals surface area contributed by atoms with Gasteiger partial charge < -0.3 is 9.47 Å². The van der Waals surface area contributed by atoms with Gasteiger partial charge in [0.05, 0.1) is 0 Å². The standard InChI is InChI=1S/C13H16N2O3/c1-10-2-5-15(12(17)8-10)9-13(18)14-6-3-11(16)4-7-14/h2,5,8H,3-4,6-7,9H2,1H3. The number of amides is 1. The van der Waals surface area contributed by atoms with Crippen LogP contribution in [0.5, 0.6) is 0 Å². The molecule has 1 amide bonds. The van der Waals surface area contributed by atoms with Crippen LogP contribution in [0.4, 0.5) is 0 Å². The van der Waals surface area contributed by atoms with Gasteiger partial charge in [-0.1, -0.05) is 0 Å².